The van der Waals surface area contributed by atoms with Gasteiger partial charge in [0.15, 0.2) is 16.6 Å². The molecule has 0 unspecified atom stereocenters. The molecule has 0 saturated carbocycles. The van der Waals surface area contributed by atoms with Crippen LogP contribution in [0.1, 0.15) is 11.5 Å². The normalized spacial score (nSPS) is 19.8. The van der Waals surface area contributed by atoms with E-state index in [0.29, 0.717) is 17.0 Å². The van der Waals surface area contributed by atoms with Gasteiger partial charge in [-0.3, -0.25) is 14.5 Å². The predicted molar refractivity (Wildman–Crippen MR) is 138 cm³/mol. The number of fused-ring (bicyclic) bond motifs is 1. The quantitative estimate of drug-likeness (QED) is 0.141. The SMILES string of the molecule is Nc1nc(/C(=N/O)C(=O)N[C@@H]2C(=O)N3C(C(=O)O)=C(/C=C\c4cc(-c5cccs5)no4)CS[C@H]23)c(Cl)s1. The van der Waals surface area contributed by atoms with E-state index >= 15 is 0 Å². The van der Waals surface area contributed by atoms with Crippen LogP contribution in [0.2, 0.25) is 4.34 Å². The molecule has 16 heteroatoms. The molecule has 0 spiro atoms. The number of halogens is 1. The number of nitrogens with two attached hydrogens (primary N) is 1. The van der Waals surface area contributed by atoms with E-state index in [4.69, 9.17) is 21.9 Å². The molecule has 12 nitrogen and oxygen atoms in total. The highest BCUT2D eigenvalue weighted by Gasteiger charge is 2.54. The van der Waals surface area contributed by atoms with Gasteiger partial charge in [-0.15, -0.1) is 23.1 Å². The summed E-state index contributed by atoms with van der Waals surface area (Å²) in [5.74, 6) is -2.16. The van der Waals surface area contributed by atoms with E-state index in [1.165, 1.54) is 23.1 Å². The second-order valence-electron chi connectivity index (χ2n) is 7.59. The zero-order chi connectivity index (χ0) is 26.3. The van der Waals surface area contributed by atoms with Crippen LogP contribution in [0, 0.1) is 0 Å². The molecule has 2 aliphatic heterocycles. The number of nitrogen functional groups attached to an aromatic ring is 1. The third kappa shape index (κ3) is 4.61. The summed E-state index contributed by atoms with van der Waals surface area (Å²) in [6, 6.07) is 4.47. The van der Waals surface area contributed by atoms with Gasteiger partial charge in [0.05, 0.1) is 4.88 Å². The molecule has 37 heavy (non-hydrogen) atoms. The minimum Gasteiger partial charge on any atom is -0.477 e. The number of nitrogens with one attached hydrogen (secondary N) is 1. The second-order valence-corrected chi connectivity index (χ2v) is 11.3. The number of thiophene rings is 1. The number of carbonyl (C=O) groups excluding carboxylic acids is 2. The Kier molecular flexibility index (Phi) is 6.76. The van der Waals surface area contributed by atoms with Crippen LogP contribution in [0.5, 0.6) is 0 Å². The third-order valence-corrected chi connectivity index (χ3v) is 8.66. The lowest BCUT2D eigenvalue weighted by Crippen LogP contribution is -2.71. The highest BCUT2D eigenvalue weighted by atomic mass is 35.5. The number of oxime groups is 1. The molecule has 5 heterocycles. The number of thioether (sulfide) groups is 1. The standard InChI is InChI=1S/C21H15ClN6O6S3/c22-16-12(25-21(23)37-16)13(26-33)17(29)24-14-18(30)28-15(20(31)32)8(7-36-19(14)28)3-4-9-6-10(27-34-9)11-2-1-5-35-11/h1-6,14,19,33H,7H2,(H2,23,25)(H,24,29)(H,31,32)/b4-3-,26-13-/t14-,19-/m1/s1. The molecule has 3 aromatic heterocycles. The Bertz CT molecular complexity index is 1490. The fourth-order valence-electron chi connectivity index (χ4n) is 3.74. The van der Waals surface area contributed by atoms with Gasteiger partial charge in [-0.05, 0) is 23.1 Å². The number of nitrogens with zero attached hydrogens (tertiary/aromatic N) is 4. The number of carboxylic acids is 1. The van der Waals surface area contributed by atoms with E-state index in [9.17, 15) is 24.7 Å². The van der Waals surface area contributed by atoms with Gasteiger partial charge in [-0.1, -0.05) is 45.4 Å². The first-order chi connectivity index (χ1) is 17.8. The zero-order valence-electron chi connectivity index (χ0n) is 18.3. The van der Waals surface area contributed by atoms with E-state index in [2.05, 4.69) is 20.6 Å². The average molecular weight is 579 g/mol. The molecule has 1 fully saturated rings. The highest BCUT2D eigenvalue weighted by Crippen LogP contribution is 2.41. The van der Waals surface area contributed by atoms with Crippen molar-refractivity contribution in [2.45, 2.75) is 11.4 Å². The summed E-state index contributed by atoms with van der Waals surface area (Å²) < 4.78 is 5.35. The van der Waals surface area contributed by atoms with E-state index in [1.54, 1.807) is 18.2 Å². The van der Waals surface area contributed by atoms with Crippen molar-refractivity contribution in [1.29, 1.82) is 0 Å². The van der Waals surface area contributed by atoms with Crippen LogP contribution >= 0.6 is 46.0 Å². The molecule has 0 aromatic carbocycles. The summed E-state index contributed by atoms with van der Waals surface area (Å²) in [5, 5.41) is 29.9. The van der Waals surface area contributed by atoms with E-state index < -0.39 is 34.9 Å². The van der Waals surface area contributed by atoms with Crippen molar-refractivity contribution in [1.82, 2.24) is 20.4 Å². The first kappa shape index (κ1) is 25.0. The van der Waals surface area contributed by atoms with E-state index in [-0.39, 0.29) is 26.6 Å². The lowest BCUT2D eigenvalue weighted by atomic mass is 10.0. The van der Waals surface area contributed by atoms with Crippen molar-refractivity contribution in [2.24, 2.45) is 5.16 Å². The summed E-state index contributed by atoms with van der Waals surface area (Å²) in [4.78, 5) is 43.6. The fraction of sp³-hybridized carbons (Fsp3) is 0.143. The van der Waals surface area contributed by atoms with Crippen LogP contribution in [0.3, 0.4) is 0 Å². The molecule has 5 N–H and O–H groups in total. The number of β-lactam (4-membered cyclic amide) rings is 1. The van der Waals surface area contributed by atoms with Gasteiger partial charge >= 0.3 is 5.97 Å². The molecule has 2 amide bonds. The Morgan fingerprint density at radius 2 is 2.19 bits per heavy atom. The molecule has 2 aliphatic rings. The number of aromatic nitrogens is 2. The Hall–Kier alpha value is -3.66. The largest absolute Gasteiger partial charge is 0.477 e. The number of hydrogen-bond acceptors (Lipinski definition) is 12. The van der Waals surface area contributed by atoms with Crippen LogP contribution in [0.15, 0.2) is 50.6 Å². The average Bonchev–Trinajstić information content (AvgIpc) is 3.62. The monoisotopic (exact) mass is 578 g/mol. The summed E-state index contributed by atoms with van der Waals surface area (Å²) in [7, 11) is 0. The second kappa shape index (κ2) is 10.0. The van der Waals surface area contributed by atoms with Crippen LogP contribution in [-0.2, 0) is 14.4 Å². The van der Waals surface area contributed by atoms with Gasteiger partial charge < -0.3 is 25.9 Å². The summed E-state index contributed by atoms with van der Waals surface area (Å²) in [6.45, 7) is 0. The maximum Gasteiger partial charge on any atom is 0.352 e. The Labute approximate surface area is 225 Å². The molecule has 0 aliphatic carbocycles. The van der Waals surface area contributed by atoms with Gasteiger partial charge in [0.1, 0.15) is 32.8 Å². The lowest BCUT2D eigenvalue weighted by molar-refractivity contribution is -0.150. The van der Waals surface area contributed by atoms with Gasteiger partial charge in [0.25, 0.3) is 11.8 Å². The van der Waals surface area contributed by atoms with Crippen molar-refractivity contribution in [3.63, 3.8) is 0 Å². The van der Waals surface area contributed by atoms with Crippen molar-refractivity contribution in [2.75, 3.05) is 11.5 Å². The maximum absolute atomic E-state index is 12.9. The first-order valence-electron chi connectivity index (χ1n) is 10.3. The molecule has 3 aromatic rings. The number of aliphatic carboxylic acids is 1. The number of anilines is 1. The third-order valence-electron chi connectivity index (χ3n) is 5.38. The van der Waals surface area contributed by atoms with Crippen molar-refractivity contribution < 1.29 is 29.2 Å². The van der Waals surface area contributed by atoms with E-state index in [0.717, 1.165) is 21.1 Å². The molecule has 0 radical (unpaired) electrons. The van der Waals surface area contributed by atoms with Gasteiger partial charge in [-0.2, -0.15) is 0 Å². The molecular weight excluding hydrogens is 564 g/mol. The number of rotatable bonds is 7. The molecule has 0 bridgehead atoms. The molecule has 5 rings (SSSR count). The predicted octanol–water partition coefficient (Wildman–Crippen LogP) is 2.73. The maximum atomic E-state index is 12.9. The van der Waals surface area contributed by atoms with Crippen molar-refractivity contribution in [3.05, 3.63) is 56.7 Å². The molecule has 1 saturated heterocycles. The van der Waals surface area contributed by atoms with Crippen LogP contribution in [0.25, 0.3) is 16.6 Å². The number of carbonyl (C=O) groups is 3. The number of allylic oxidation sites excluding steroid dienone is 1. The van der Waals surface area contributed by atoms with E-state index in [1.807, 2.05) is 17.5 Å². The van der Waals surface area contributed by atoms with Gasteiger partial charge in [-0.25, -0.2) is 9.78 Å². The number of amides is 2. The minimum absolute atomic E-state index is 0.0378. The van der Waals surface area contributed by atoms with Crippen molar-refractivity contribution in [3.8, 4) is 10.6 Å². The molecule has 190 valence electrons. The molecule has 2 atom stereocenters. The van der Waals surface area contributed by atoms with Crippen LogP contribution in [-0.4, -0.2) is 66.0 Å². The Morgan fingerprint density at radius 3 is 2.84 bits per heavy atom. The first-order valence-corrected chi connectivity index (χ1v) is 13.5. The highest BCUT2D eigenvalue weighted by molar-refractivity contribution is 8.00. The molecular formula is C21H15ClN6O6S3. The smallest absolute Gasteiger partial charge is 0.352 e. The van der Waals surface area contributed by atoms with Gasteiger partial charge in [0.2, 0.25) is 0 Å². The number of thiazole rings is 1. The van der Waals surface area contributed by atoms with Gasteiger partial charge in [0, 0.05) is 11.8 Å². The lowest BCUT2D eigenvalue weighted by Gasteiger charge is -2.49. The topological polar surface area (TPSA) is 184 Å². The number of carboxylic acid groups (broad SMARTS) is 1. The minimum atomic E-state index is -1.29. The Balaban J connectivity index is 1.33. The van der Waals surface area contributed by atoms with Crippen LogP contribution in [0.4, 0.5) is 5.13 Å². The summed E-state index contributed by atoms with van der Waals surface area (Å²) >= 11 is 9.66. The summed E-state index contributed by atoms with van der Waals surface area (Å²) in [6.07, 6.45) is 3.15. The fourth-order valence-corrected chi connectivity index (χ4v) is 6.66. The van der Waals surface area contributed by atoms with Crippen molar-refractivity contribution >= 4 is 80.7 Å². The number of hydrogen-bond donors (Lipinski definition) is 4. The summed E-state index contributed by atoms with van der Waals surface area (Å²) in [5.41, 5.74) is 5.79. The zero-order valence-corrected chi connectivity index (χ0v) is 21.5. The van der Waals surface area contributed by atoms with Crippen LogP contribution < -0.4 is 11.1 Å². The Morgan fingerprint density at radius 1 is 1.38 bits per heavy atom.